The minimum atomic E-state index is -0.488. The van der Waals surface area contributed by atoms with Gasteiger partial charge < -0.3 is 14.2 Å². The van der Waals surface area contributed by atoms with E-state index in [1.807, 2.05) is 13.9 Å². The van der Waals surface area contributed by atoms with Crippen LogP contribution < -0.4 is 5.46 Å². The van der Waals surface area contributed by atoms with Gasteiger partial charge in [0, 0.05) is 18.4 Å². The van der Waals surface area contributed by atoms with Crippen molar-refractivity contribution in [2.24, 2.45) is 0 Å². The Kier molecular flexibility index (Phi) is 5.25. The van der Waals surface area contributed by atoms with E-state index >= 15 is 0 Å². The van der Waals surface area contributed by atoms with Crippen molar-refractivity contribution in [2.45, 2.75) is 44.4 Å². The van der Waals surface area contributed by atoms with Crippen LogP contribution in [-0.4, -0.2) is 49.2 Å². The number of carbonyl (C=O) groups excluding carboxylic acids is 1. The molecule has 1 aliphatic carbocycles. The number of halogens is 1. The molecule has 0 N–H and O–H groups in total. The summed E-state index contributed by atoms with van der Waals surface area (Å²) < 4.78 is 33.4. The highest BCUT2D eigenvalue weighted by molar-refractivity contribution is 6.32. The number of benzene rings is 1. The van der Waals surface area contributed by atoms with Crippen molar-refractivity contribution in [3.63, 3.8) is 0 Å². The smallest absolute Gasteiger partial charge is 0.341 e. The van der Waals surface area contributed by atoms with E-state index in [1.165, 1.54) is 12.3 Å². The van der Waals surface area contributed by atoms with Crippen LogP contribution in [0.4, 0.5) is 4.39 Å². The first kappa shape index (κ1) is 19.1. The van der Waals surface area contributed by atoms with Crippen molar-refractivity contribution in [3.05, 3.63) is 35.8 Å². The Balaban J connectivity index is 1.70. The normalized spacial score (nSPS) is 19.2. The van der Waals surface area contributed by atoms with Crippen LogP contribution in [0.3, 0.4) is 0 Å². The maximum atomic E-state index is 14.8. The maximum absolute atomic E-state index is 14.8. The summed E-state index contributed by atoms with van der Waals surface area (Å²) in [4.78, 5) is 12.5. The third kappa shape index (κ3) is 3.46. The predicted octanol–water partition coefficient (Wildman–Crippen LogP) is 1.98. The lowest BCUT2D eigenvalue weighted by Gasteiger charge is -2.36. The van der Waals surface area contributed by atoms with Gasteiger partial charge in [0.05, 0.1) is 37.8 Å². The first-order chi connectivity index (χ1) is 13.5. The van der Waals surface area contributed by atoms with Crippen molar-refractivity contribution in [1.29, 1.82) is 0 Å². The third-order valence-corrected chi connectivity index (χ3v) is 5.55. The van der Waals surface area contributed by atoms with Gasteiger partial charge in [0.25, 0.3) is 0 Å². The van der Waals surface area contributed by atoms with Crippen molar-refractivity contribution in [3.8, 4) is 11.3 Å². The van der Waals surface area contributed by atoms with Crippen molar-refractivity contribution < 1.29 is 23.4 Å². The van der Waals surface area contributed by atoms with Crippen molar-refractivity contribution in [2.75, 3.05) is 19.8 Å². The fraction of sp³-hybridized carbons (Fsp3) is 0.500. The molecule has 4 rings (SSSR count). The van der Waals surface area contributed by atoms with E-state index in [0.29, 0.717) is 30.0 Å². The van der Waals surface area contributed by atoms with Gasteiger partial charge in [0.2, 0.25) is 0 Å². The highest BCUT2D eigenvalue weighted by Crippen LogP contribution is 2.42. The number of aromatic nitrogens is 2. The quantitative estimate of drug-likeness (QED) is 0.594. The minimum absolute atomic E-state index is 0.0392. The molecule has 2 fully saturated rings. The van der Waals surface area contributed by atoms with Crippen LogP contribution in [0.25, 0.3) is 11.3 Å². The van der Waals surface area contributed by atoms with Gasteiger partial charge in [-0.05, 0) is 25.8 Å². The van der Waals surface area contributed by atoms with Crippen LogP contribution >= 0.6 is 0 Å². The lowest BCUT2D eigenvalue weighted by molar-refractivity contribution is -0.181. The Morgan fingerprint density at radius 3 is 2.71 bits per heavy atom. The molecular formula is C20H24BFN2O4. The zero-order valence-electron chi connectivity index (χ0n) is 16.2. The highest BCUT2D eigenvalue weighted by atomic mass is 19.1. The van der Waals surface area contributed by atoms with Crippen LogP contribution in [0.1, 0.15) is 49.0 Å². The van der Waals surface area contributed by atoms with Gasteiger partial charge in [-0.15, -0.1) is 0 Å². The SMILES string of the molecule is Bc1ccc(-c2c(C(=O)OCC)cnn2C2CCC3(CC2)OCCO3)c(F)c1. The Bertz CT molecular complexity index is 869. The van der Waals surface area contributed by atoms with E-state index in [2.05, 4.69) is 5.10 Å². The van der Waals surface area contributed by atoms with E-state index in [9.17, 15) is 9.18 Å². The zero-order valence-corrected chi connectivity index (χ0v) is 16.2. The van der Waals surface area contributed by atoms with E-state index < -0.39 is 11.8 Å². The summed E-state index contributed by atoms with van der Waals surface area (Å²) in [6.07, 6.45) is 4.55. The van der Waals surface area contributed by atoms with E-state index in [-0.39, 0.29) is 18.5 Å². The van der Waals surface area contributed by atoms with Gasteiger partial charge in [0.15, 0.2) is 5.79 Å². The first-order valence-electron chi connectivity index (χ1n) is 9.82. The average Bonchev–Trinajstić information content (AvgIpc) is 3.31. The molecule has 1 aliphatic heterocycles. The maximum Gasteiger partial charge on any atom is 0.341 e. The molecule has 28 heavy (non-hydrogen) atoms. The number of ether oxygens (including phenoxy) is 3. The molecule has 2 aromatic rings. The fourth-order valence-electron chi connectivity index (χ4n) is 4.15. The Morgan fingerprint density at radius 1 is 1.36 bits per heavy atom. The molecule has 2 aliphatic rings. The second-order valence-corrected chi connectivity index (χ2v) is 7.39. The summed E-state index contributed by atoms with van der Waals surface area (Å²) in [6.45, 7) is 3.25. The van der Waals surface area contributed by atoms with E-state index in [1.54, 1.807) is 17.7 Å². The van der Waals surface area contributed by atoms with Gasteiger partial charge in [0.1, 0.15) is 19.2 Å². The predicted molar refractivity (Wildman–Crippen MR) is 104 cm³/mol. The summed E-state index contributed by atoms with van der Waals surface area (Å²) in [6, 6.07) is 5.05. The van der Waals surface area contributed by atoms with Crippen LogP contribution in [0.15, 0.2) is 24.4 Å². The lowest BCUT2D eigenvalue weighted by Crippen LogP contribution is -2.36. The topological polar surface area (TPSA) is 62.6 Å². The molecule has 0 amide bonds. The van der Waals surface area contributed by atoms with Gasteiger partial charge in [-0.3, -0.25) is 4.68 Å². The van der Waals surface area contributed by atoms with Gasteiger partial charge in [-0.25, -0.2) is 9.18 Å². The molecule has 6 nitrogen and oxygen atoms in total. The highest BCUT2D eigenvalue weighted by Gasteiger charge is 2.41. The molecule has 1 aromatic heterocycles. The second-order valence-electron chi connectivity index (χ2n) is 7.39. The zero-order chi connectivity index (χ0) is 19.7. The molecule has 148 valence electrons. The molecule has 8 heteroatoms. The lowest BCUT2D eigenvalue weighted by atomic mass is 9.89. The van der Waals surface area contributed by atoms with Crippen LogP contribution in [-0.2, 0) is 14.2 Å². The van der Waals surface area contributed by atoms with Gasteiger partial charge in [-0.1, -0.05) is 17.6 Å². The summed E-state index contributed by atoms with van der Waals surface area (Å²) in [5.41, 5.74) is 1.95. The van der Waals surface area contributed by atoms with Gasteiger partial charge >= 0.3 is 5.97 Å². The molecule has 0 unspecified atom stereocenters. The number of hydrogen-bond donors (Lipinski definition) is 0. The average molecular weight is 386 g/mol. The first-order valence-corrected chi connectivity index (χ1v) is 9.82. The number of hydrogen-bond acceptors (Lipinski definition) is 5. The van der Waals surface area contributed by atoms with E-state index in [4.69, 9.17) is 14.2 Å². The van der Waals surface area contributed by atoms with Crippen LogP contribution in [0, 0.1) is 5.82 Å². The standard InChI is InChI=1S/C20H24BFN2O4/c1-2-26-19(25)16-12-23-24(18(16)15-4-3-13(21)11-17(15)22)14-5-7-20(8-6-14)27-9-10-28-20/h3-4,11-12,14H,2,5-10,21H2,1H3. The number of nitrogens with zero attached hydrogens (tertiary/aromatic N) is 2. The monoisotopic (exact) mass is 386 g/mol. The second kappa shape index (κ2) is 7.68. The summed E-state index contributed by atoms with van der Waals surface area (Å²) >= 11 is 0. The molecule has 0 atom stereocenters. The largest absolute Gasteiger partial charge is 0.462 e. The molecule has 1 aromatic carbocycles. The minimum Gasteiger partial charge on any atom is -0.462 e. The molecule has 1 saturated carbocycles. The molecule has 1 spiro atoms. The number of esters is 1. The number of carbonyl (C=O) groups is 1. The third-order valence-electron chi connectivity index (χ3n) is 5.55. The Morgan fingerprint density at radius 2 is 2.07 bits per heavy atom. The Hall–Kier alpha value is -2.19. The molecule has 1 saturated heterocycles. The summed E-state index contributed by atoms with van der Waals surface area (Å²) in [7, 11) is 1.83. The molecule has 0 radical (unpaired) electrons. The summed E-state index contributed by atoms with van der Waals surface area (Å²) in [5, 5.41) is 4.47. The Labute approximate surface area is 164 Å². The van der Waals surface area contributed by atoms with Crippen LogP contribution in [0.5, 0.6) is 0 Å². The van der Waals surface area contributed by atoms with Crippen molar-refractivity contribution in [1.82, 2.24) is 9.78 Å². The summed E-state index contributed by atoms with van der Waals surface area (Å²) in [5.74, 6) is -1.34. The van der Waals surface area contributed by atoms with Gasteiger partial charge in [-0.2, -0.15) is 5.10 Å². The molecular weight excluding hydrogens is 362 g/mol. The molecule has 2 heterocycles. The molecule has 0 bridgehead atoms. The van der Waals surface area contributed by atoms with Crippen molar-refractivity contribution >= 4 is 19.3 Å². The van der Waals surface area contributed by atoms with Crippen LogP contribution in [0.2, 0.25) is 0 Å². The fourth-order valence-corrected chi connectivity index (χ4v) is 4.15. The number of rotatable bonds is 4. The van der Waals surface area contributed by atoms with E-state index in [0.717, 1.165) is 31.1 Å².